The van der Waals surface area contributed by atoms with Gasteiger partial charge in [-0.2, -0.15) is 0 Å². The molecule has 0 aromatic rings. The summed E-state index contributed by atoms with van der Waals surface area (Å²) in [4.78, 5) is 0. The van der Waals surface area contributed by atoms with Crippen LogP contribution in [0.15, 0.2) is 0 Å². The van der Waals surface area contributed by atoms with Gasteiger partial charge >= 0.3 is 80.2 Å². The van der Waals surface area contributed by atoms with Crippen LogP contribution in [0.2, 0.25) is 5.09 Å². The molecule has 0 saturated carbocycles. The molecule has 0 aromatic carbocycles. The van der Waals surface area contributed by atoms with Gasteiger partial charge in [0, 0.05) is 0 Å². The van der Waals surface area contributed by atoms with Gasteiger partial charge in [0.15, 0.2) is 0 Å². The van der Waals surface area contributed by atoms with Gasteiger partial charge in [-0.15, -0.1) is 0 Å². The summed E-state index contributed by atoms with van der Waals surface area (Å²) >= 11 is 2.25. The number of hydrogen-bond acceptors (Lipinski definition) is 1. The summed E-state index contributed by atoms with van der Waals surface area (Å²) in [6.07, 6.45) is 5.23. The van der Waals surface area contributed by atoms with Gasteiger partial charge in [-0.3, -0.25) is 0 Å². The summed E-state index contributed by atoms with van der Waals surface area (Å²) in [7, 11) is 0. The van der Waals surface area contributed by atoms with Gasteiger partial charge in [0.05, 0.1) is 0 Å². The van der Waals surface area contributed by atoms with Crippen LogP contribution < -0.4 is 5.32 Å². The Morgan fingerprint density at radius 1 is 1.36 bits per heavy atom. The van der Waals surface area contributed by atoms with Gasteiger partial charge in [-0.1, -0.05) is 0 Å². The Balaban J connectivity index is 3.20. The normalized spacial score (nSPS) is 13.5. The third-order valence-electron chi connectivity index (χ3n) is 2.09. The molecule has 0 aromatic heterocycles. The Kier molecular flexibility index (Phi) is 9.09. The predicted octanol–water partition coefficient (Wildman–Crippen LogP) is 2.13. The second-order valence-corrected chi connectivity index (χ2v) is 3.20. The van der Waals surface area contributed by atoms with E-state index in [0.717, 1.165) is 6.04 Å². The quantitative estimate of drug-likeness (QED) is 0.432. The summed E-state index contributed by atoms with van der Waals surface area (Å²) in [5, 5.41) is 4.87. The molecular formula is C9H20LiN. The second kappa shape index (κ2) is 8.65. The molecule has 62 valence electrons. The first-order chi connectivity index (χ1) is 5.35. The standard InChI is InChI=1S/C9H20N.Li/c1-4-7-8-10-9(5-2)6-3;/h9-10H,2,4-8H2,1,3H3;. The fourth-order valence-electron chi connectivity index (χ4n) is 1.28. The van der Waals surface area contributed by atoms with Crippen LogP contribution in [0.25, 0.3) is 0 Å². The number of unbranched alkanes of at least 4 members (excludes halogenated alkanes) is 1. The number of rotatable bonds is 7. The van der Waals surface area contributed by atoms with E-state index in [-0.39, 0.29) is 0 Å². The molecule has 0 radical (unpaired) electrons. The van der Waals surface area contributed by atoms with Crippen LogP contribution in [0.3, 0.4) is 0 Å². The average molecular weight is 149 g/mol. The van der Waals surface area contributed by atoms with E-state index in [9.17, 15) is 0 Å². The van der Waals surface area contributed by atoms with Crippen molar-refractivity contribution in [2.24, 2.45) is 0 Å². The molecule has 0 heterocycles. The molecular weight excluding hydrogens is 129 g/mol. The Labute approximate surface area is 80.5 Å². The third-order valence-corrected chi connectivity index (χ3v) is 2.09. The molecule has 0 saturated heterocycles. The minimum absolute atomic E-state index is 0.770. The van der Waals surface area contributed by atoms with E-state index >= 15 is 0 Å². The van der Waals surface area contributed by atoms with E-state index in [1.165, 1.54) is 37.3 Å². The Morgan fingerprint density at radius 3 is 2.55 bits per heavy atom. The molecule has 11 heavy (non-hydrogen) atoms. The first kappa shape index (κ1) is 11.6. The molecule has 0 amide bonds. The first-order valence-corrected chi connectivity index (χ1v) is 5.08. The minimum atomic E-state index is 0.770. The van der Waals surface area contributed by atoms with Crippen LogP contribution in [-0.4, -0.2) is 30.3 Å². The van der Waals surface area contributed by atoms with Crippen molar-refractivity contribution in [1.82, 2.24) is 5.32 Å². The van der Waals surface area contributed by atoms with Crippen molar-refractivity contribution in [1.29, 1.82) is 0 Å². The molecule has 1 atom stereocenters. The summed E-state index contributed by atoms with van der Waals surface area (Å²) in [6.45, 7) is 5.71. The summed E-state index contributed by atoms with van der Waals surface area (Å²) in [6, 6.07) is 0.770. The van der Waals surface area contributed by atoms with Crippen molar-refractivity contribution < 1.29 is 0 Å². The molecule has 1 N–H and O–H groups in total. The Hall–Kier alpha value is 0.557. The number of nitrogens with one attached hydrogen (secondary N) is 1. The molecule has 0 aliphatic heterocycles. The van der Waals surface area contributed by atoms with E-state index in [1.54, 1.807) is 0 Å². The topological polar surface area (TPSA) is 12.0 Å². The van der Waals surface area contributed by atoms with Crippen LogP contribution >= 0.6 is 0 Å². The van der Waals surface area contributed by atoms with Crippen molar-refractivity contribution in [2.45, 2.75) is 50.7 Å². The van der Waals surface area contributed by atoms with Gasteiger partial charge in [0.1, 0.15) is 0 Å². The zero-order chi connectivity index (χ0) is 8.53. The summed E-state index contributed by atoms with van der Waals surface area (Å²) in [5.74, 6) is 0. The van der Waals surface area contributed by atoms with E-state index in [1.807, 2.05) is 0 Å². The van der Waals surface area contributed by atoms with Crippen LogP contribution in [-0.2, 0) is 0 Å². The SMILES string of the molecule is [Li][CH2]CC(CC)NCCCC. The summed E-state index contributed by atoms with van der Waals surface area (Å²) < 4.78 is 0. The molecule has 1 nitrogen and oxygen atoms in total. The molecule has 0 aliphatic carbocycles. The molecule has 0 fully saturated rings. The van der Waals surface area contributed by atoms with E-state index in [4.69, 9.17) is 0 Å². The zero-order valence-electron chi connectivity index (χ0n) is 8.32. The number of hydrogen-bond donors (Lipinski definition) is 1. The van der Waals surface area contributed by atoms with Crippen LogP contribution in [0, 0.1) is 0 Å². The fourth-order valence-corrected chi connectivity index (χ4v) is 1.28. The van der Waals surface area contributed by atoms with Gasteiger partial charge in [0.2, 0.25) is 0 Å². The van der Waals surface area contributed by atoms with Gasteiger partial charge in [-0.05, 0) is 0 Å². The van der Waals surface area contributed by atoms with E-state index in [0.29, 0.717) is 0 Å². The maximum absolute atomic E-state index is 3.57. The van der Waals surface area contributed by atoms with Crippen molar-refractivity contribution in [3.8, 4) is 0 Å². The van der Waals surface area contributed by atoms with E-state index < -0.39 is 0 Å². The van der Waals surface area contributed by atoms with E-state index in [2.05, 4.69) is 36.9 Å². The van der Waals surface area contributed by atoms with Crippen LogP contribution in [0.1, 0.15) is 39.5 Å². The molecule has 0 spiro atoms. The predicted molar refractivity (Wildman–Crippen MR) is 52.2 cm³/mol. The Bertz CT molecular complexity index is 76.0. The third kappa shape index (κ3) is 6.94. The second-order valence-electron chi connectivity index (χ2n) is 3.20. The van der Waals surface area contributed by atoms with Crippen molar-refractivity contribution in [3.63, 3.8) is 0 Å². The monoisotopic (exact) mass is 149 g/mol. The van der Waals surface area contributed by atoms with Gasteiger partial charge < -0.3 is 0 Å². The van der Waals surface area contributed by atoms with Gasteiger partial charge in [-0.25, -0.2) is 0 Å². The van der Waals surface area contributed by atoms with Crippen molar-refractivity contribution in [2.75, 3.05) is 6.54 Å². The zero-order valence-corrected chi connectivity index (χ0v) is 8.32. The van der Waals surface area contributed by atoms with Crippen molar-refractivity contribution in [3.05, 3.63) is 0 Å². The molecule has 0 aliphatic rings. The van der Waals surface area contributed by atoms with Crippen LogP contribution in [0.4, 0.5) is 0 Å². The van der Waals surface area contributed by atoms with Crippen molar-refractivity contribution >= 4 is 17.7 Å². The van der Waals surface area contributed by atoms with Crippen LogP contribution in [0.5, 0.6) is 0 Å². The Morgan fingerprint density at radius 2 is 2.09 bits per heavy atom. The van der Waals surface area contributed by atoms with Gasteiger partial charge in [0.25, 0.3) is 0 Å². The molecule has 0 bridgehead atoms. The fraction of sp³-hybridized carbons (Fsp3) is 1.00. The molecule has 1 unspecified atom stereocenters. The first-order valence-electron chi connectivity index (χ1n) is 5.08. The molecule has 2 heteroatoms. The maximum atomic E-state index is 3.57. The average Bonchev–Trinajstić information content (AvgIpc) is 2.03. The molecule has 0 rings (SSSR count). The summed E-state index contributed by atoms with van der Waals surface area (Å²) in [5.41, 5.74) is 0.